The van der Waals surface area contributed by atoms with Gasteiger partial charge in [0, 0.05) is 12.8 Å². The van der Waals surface area contributed by atoms with Gasteiger partial charge < -0.3 is 29.0 Å². The second kappa shape index (κ2) is 21.6. The SMILES string of the molecule is CCCCC/C=C\C/C=C\CCCCCCCC(=O)OCC(O)COCCC(C(=O)[O-])[N+](C)(C)C. The molecule has 0 spiro atoms. The van der Waals surface area contributed by atoms with Crippen LogP contribution in [0.25, 0.3) is 0 Å². The number of carboxylic acid groups (broad SMARTS) is 1. The average Bonchev–Trinajstić information content (AvgIpc) is 2.79. The fraction of sp³-hybridized carbons (Fsp3) is 0.786. The predicted octanol–water partition coefficient (Wildman–Crippen LogP) is 3.94. The Morgan fingerprint density at radius 3 is 2.09 bits per heavy atom. The topological polar surface area (TPSA) is 95.9 Å². The molecule has 2 atom stereocenters. The van der Waals surface area contributed by atoms with Crippen molar-refractivity contribution in [1.82, 2.24) is 0 Å². The summed E-state index contributed by atoms with van der Waals surface area (Å²) >= 11 is 0. The normalized spacial score (nSPS) is 14.0. The Hall–Kier alpha value is -1.70. The summed E-state index contributed by atoms with van der Waals surface area (Å²) in [7, 11) is 5.34. The van der Waals surface area contributed by atoms with Crippen molar-refractivity contribution >= 4 is 11.9 Å². The smallest absolute Gasteiger partial charge is 0.305 e. The third-order valence-electron chi connectivity index (χ3n) is 5.82. The highest BCUT2D eigenvalue weighted by Crippen LogP contribution is 2.10. The molecule has 7 heteroatoms. The maximum absolute atomic E-state index is 11.8. The number of esters is 1. The fourth-order valence-corrected chi connectivity index (χ4v) is 3.63. The number of hydrogen-bond acceptors (Lipinski definition) is 6. The number of allylic oxidation sites excluding steroid dienone is 4. The Morgan fingerprint density at radius 1 is 0.886 bits per heavy atom. The molecule has 0 aliphatic heterocycles. The molecular weight excluding hydrogens is 446 g/mol. The number of aliphatic hydroxyl groups is 1. The maximum Gasteiger partial charge on any atom is 0.305 e. The van der Waals surface area contributed by atoms with Gasteiger partial charge in [0.05, 0.1) is 40.3 Å². The van der Waals surface area contributed by atoms with Crippen molar-refractivity contribution in [2.75, 3.05) is 41.0 Å². The molecule has 0 aromatic carbocycles. The van der Waals surface area contributed by atoms with E-state index in [-0.39, 0.29) is 36.7 Å². The van der Waals surface area contributed by atoms with E-state index in [0.29, 0.717) is 6.42 Å². The third-order valence-corrected chi connectivity index (χ3v) is 5.82. The summed E-state index contributed by atoms with van der Waals surface area (Å²) in [5.74, 6) is -1.43. The van der Waals surface area contributed by atoms with Gasteiger partial charge >= 0.3 is 5.97 Å². The lowest BCUT2D eigenvalue weighted by atomic mass is 10.1. The van der Waals surface area contributed by atoms with Gasteiger partial charge in [-0.3, -0.25) is 4.79 Å². The van der Waals surface area contributed by atoms with Gasteiger partial charge in [-0.05, 0) is 38.5 Å². The summed E-state index contributed by atoms with van der Waals surface area (Å²) in [5, 5.41) is 21.1. The lowest BCUT2D eigenvalue weighted by Crippen LogP contribution is -2.55. The van der Waals surface area contributed by atoms with Crippen molar-refractivity contribution in [2.45, 2.75) is 103 Å². The van der Waals surface area contributed by atoms with Gasteiger partial charge in [-0.25, -0.2) is 0 Å². The van der Waals surface area contributed by atoms with Crippen LogP contribution in [0.2, 0.25) is 0 Å². The number of hydrogen-bond donors (Lipinski definition) is 1. The van der Waals surface area contributed by atoms with Crippen LogP contribution < -0.4 is 5.11 Å². The summed E-state index contributed by atoms with van der Waals surface area (Å²) in [6.45, 7) is 2.29. The first-order chi connectivity index (χ1) is 16.7. The molecule has 0 saturated carbocycles. The lowest BCUT2D eigenvalue weighted by molar-refractivity contribution is -0.889. The lowest BCUT2D eigenvalue weighted by Gasteiger charge is -2.34. The number of aliphatic carboxylic acids is 1. The summed E-state index contributed by atoms with van der Waals surface area (Å²) < 4.78 is 10.7. The quantitative estimate of drug-likeness (QED) is 0.0994. The van der Waals surface area contributed by atoms with Crippen LogP contribution in [0.4, 0.5) is 0 Å². The van der Waals surface area contributed by atoms with Gasteiger partial charge in [0.25, 0.3) is 0 Å². The number of carbonyl (C=O) groups excluding carboxylic acids is 2. The van der Waals surface area contributed by atoms with Crippen LogP contribution in [0.1, 0.15) is 90.4 Å². The number of quaternary nitrogens is 1. The van der Waals surface area contributed by atoms with E-state index in [1.807, 2.05) is 0 Å². The van der Waals surface area contributed by atoms with Crippen LogP contribution >= 0.6 is 0 Å². The molecule has 0 saturated heterocycles. The standard InChI is InChI=1S/C28H51NO6/c1-5-6-7-8-9-10-11-12-13-14-15-16-17-18-19-20-27(31)35-24-25(30)23-34-22-21-26(28(32)33)29(2,3)4/h9-10,12-13,25-26,30H,5-8,11,14-24H2,1-4H3/b10-9-,13-12-. The Kier molecular flexibility index (Phi) is 20.5. The fourth-order valence-electron chi connectivity index (χ4n) is 3.63. The number of ether oxygens (including phenoxy) is 2. The van der Waals surface area contributed by atoms with E-state index in [0.717, 1.165) is 38.5 Å². The molecule has 0 amide bonds. The van der Waals surface area contributed by atoms with Gasteiger partial charge in [0.15, 0.2) is 0 Å². The molecule has 0 radical (unpaired) electrons. The second-order valence-electron chi connectivity index (χ2n) is 10.1. The van der Waals surface area contributed by atoms with Gasteiger partial charge in [0.1, 0.15) is 18.8 Å². The van der Waals surface area contributed by atoms with Crippen molar-refractivity contribution in [1.29, 1.82) is 0 Å². The Bertz CT molecular complexity index is 597. The van der Waals surface area contributed by atoms with E-state index >= 15 is 0 Å². The van der Waals surface area contributed by atoms with E-state index in [4.69, 9.17) is 9.47 Å². The molecule has 0 heterocycles. The molecular formula is C28H51NO6. The molecule has 0 aliphatic carbocycles. The highest BCUT2D eigenvalue weighted by atomic mass is 16.5. The summed E-state index contributed by atoms with van der Waals surface area (Å²) in [4.78, 5) is 23.0. The molecule has 0 aliphatic rings. The van der Waals surface area contributed by atoms with Crippen LogP contribution in [0.15, 0.2) is 24.3 Å². The van der Waals surface area contributed by atoms with Gasteiger partial charge in [0.2, 0.25) is 0 Å². The number of carboxylic acids is 1. The minimum atomic E-state index is -1.12. The van der Waals surface area contributed by atoms with Gasteiger partial charge in [-0.2, -0.15) is 0 Å². The van der Waals surface area contributed by atoms with Gasteiger partial charge in [-0.15, -0.1) is 0 Å². The minimum Gasteiger partial charge on any atom is -0.544 e. The van der Waals surface area contributed by atoms with Crippen molar-refractivity contribution in [3.05, 3.63) is 24.3 Å². The van der Waals surface area contributed by atoms with Crippen LogP contribution in [0.3, 0.4) is 0 Å². The van der Waals surface area contributed by atoms with E-state index in [1.54, 1.807) is 21.1 Å². The highest BCUT2D eigenvalue weighted by Gasteiger charge is 2.24. The number of carbonyl (C=O) groups is 2. The highest BCUT2D eigenvalue weighted by molar-refractivity contribution is 5.69. The van der Waals surface area contributed by atoms with Crippen molar-refractivity contribution in [2.24, 2.45) is 0 Å². The number of unbranched alkanes of at least 4 members (excludes halogenated alkanes) is 8. The van der Waals surface area contributed by atoms with E-state index in [9.17, 15) is 19.8 Å². The first kappa shape index (κ1) is 33.3. The maximum atomic E-state index is 11.8. The minimum absolute atomic E-state index is 0.00607. The largest absolute Gasteiger partial charge is 0.544 e. The van der Waals surface area contributed by atoms with E-state index in [1.165, 1.54) is 32.1 Å². The molecule has 2 unspecified atom stereocenters. The molecule has 204 valence electrons. The Labute approximate surface area is 213 Å². The van der Waals surface area contributed by atoms with Crippen LogP contribution in [0.5, 0.6) is 0 Å². The monoisotopic (exact) mass is 497 g/mol. The van der Waals surface area contributed by atoms with Crippen molar-refractivity contribution < 1.29 is 33.8 Å². The van der Waals surface area contributed by atoms with Gasteiger partial charge in [-0.1, -0.05) is 63.3 Å². The van der Waals surface area contributed by atoms with Crippen LogP contribution in [-0.4, -0.2) is 74.6 Å². The van der Waals surface area contributed by atoms with E-state index < -0.39 is 18.1 Å². The molecule has 7 nitrogen and oxygen atoms in total. The zero-order valence-electron chi connectivity index (χ0n) is 22.7. The number of nitrogens with zero attached hydrogens (tertiary/aromatic N) is 1. The third kappa shape index (κ3) is 21.3. The Balaban J connectivity index is 3.61. The second-order valence-corrected chi connectivity index (χ2v) is 10.1. The van der Waals surface area contributed by atoms with E-state index in [2.05, 4.69) is 31.2 Å². The van der Waals surface area contributed by atoms with Crippen LogP contribution in [-0.2, 0) is 19.1 Å². The number of likely N-dealkylation sites (N-methyl/N-ethyl adjacent to an activating group) is 1. The predicted molar refractivity (Wildman–Crippen MR) is 139 cm³/mol. The molecule has 1 N–H and O–H groups in total. The zero-order chi connectivity index (χ0) is 26.4. The molecule has 0 aromatic heterocycles. The van der Waals surface area contributed by atoms with Crippen molar-refractivity contribution in [3.8, 4) is 0 Å². The first-order valence-electron chi connectivity index (χ1n) is 13.4. The zero-order valence-corrected chi connectivity index (χ0v) is 22.7. The number of aliphatic hydroxyl groups excluding tert-OH is 1. The molecule has 0 bridgehead atoms. The summed E-state index contributed by atoms with van der Waals surface area (Å²) in [6, 6.07) is -0.686. The van der Waals surface area contributed by atoms with Crippen molar-refractivity contribution in [3.63, 3.8) is 0 Å². The summed E-state index contributed by atoms with van der Waals surface area (Å²) in [5.41, 5.74) is 0. The molecule has 35 heavy (non-hydrogen) atoms. The summed E-state index contributed by atoms with van der Waals surface area (Å²) in [6.07, 6.45) is 21.2. The van der Waals surface area contributed by atoms with Crippen LogP contribution in [0, 0.1) is 0 Å². The average molecular weight is 498 g/mol. The molecule has 0 fully saturated rings. The molecule has 0 aromatic rings. The number of rotatable bonds is 23. The first-order valence-corrected chi connectivity index (χ1v) is 13.4. The molecule has 0 rings (SSSR count). The Morgan fingerprint density at radius 2 is 1.49 bits per heavy atom.